The lowest BCUT2D eigenvalue weighted by molar-refractivity contribution is 0.0910. The van der Waals surface area contributed by atoms with Gasteiger partial charge in [0.2, 0.25) is 0 Å². The number of ketones is 1. The van der Waals surface area contributed by atoms with E-state index in [2.05, 4.69) is 24.9 Å². The third-order valence-electron chi connectivity index (χ3n) is 3.85. The number of hydrogen-bond acceptors (Lipinski definition) is 3. The maximum atomic E-state index is 12.2. The highest BCUT2D eigenvalue weighted by Gasteiger charge is 2.31. The van der Waals surface area contributed by atoms with Crippen LogP contribution in [0.2, 0.25) is 0 Å². The third kappa shape index (κ3) is 2.57. The van der Waals surface area contributed by atoms with Crippen molar-refractivity contribution in [3.8, 4) is 17.3 Å². The molecule has 0 radical (unpaired) electrons. The Morgan fingerprint density at radius 1 is 1.19 bits per heavy atom. The van der Waals surface area contributed by atoms with Crippen LogP contribution in [0.25, 0.3) is 11.3 Å². The lowest BCUT2D eigenvalue weighted by Crippen LogP contribution is -2.27. The van der Waals surface area contributed by atoms with E-state index in [0.29, 0.717) is 12.0 Å². The van der Waals surface area contributed by atoms with Crippen LogP contribution in [0.3, 0.4) is 0 Å². The van der Waals surface area contributed by atoms with E-state index in [1.165, 1.54) is 0 Å². The van der Waals surface area contributed by atoms with Gasteiger partial charge in [-0.05, 0) is 36.1 Å². The fourth-order valence-electron chi connectivity index (χ4n) is 2.84. The van der Waals surface area contributed by atoms with Crippen LogP contribution in [0.15, 0.2) is 36.4 Å². The average molecular weight is 276 g/mol. The predicted octanol–water partition coefficient (Wildman–Crippen LogP) is 3.78. The number of aromatic nitrogens is 1. The van der Waals surface area contributed by atoms with Crippen LogP contribution in [-0.2, 0) is 6.42 Å². The van der Waals surface area contributed by atoms with Crippen LogP contribution in [0, 0.1) is 16.7 Å². The maximum Gasteiger partial charge on any atom is 0.165 e. The molecule has 0 spiro atoms. The number of hydrogen-bond donors (Lipinski definition) is 0. The van der Waals surface area contributed by atoms with E-state index in [9.17, 15) is 4.79 Å². The first-order valence-electron chi connectivity index (χ1n) is 7.02. The molecule has 0 bridgehead atoms. The minimum Gasteiger partial charge on any atom is -0.294 e. The van der Waals surface area contributed by atoms with Gasteiger partial charge in [-0.15, -0.1) is 0 Å². The highest BCUT2D eigenvalue weighted by atomic mass is 16.1. The molecule has 1 heterocycles. The summed E-state index contributed by atoms with van der Waals surface area (Å²) in [4.78, 5) is 16.8. The largest absolute Gasteiger partial charge is 0.294 e. The molecule has 1 aromatic carbocycles. The molecule has 0 amide bonds. The van der Waals surface area contributed by atoms with E-state index in [1.54, 1.807) is 6.07 Å². The average Bonchev–Trinajstić information content (AvgIpc) is 2.45. The maximum absolute atomic E-state index is 12.2. The van der Waals surface area contributed by atoms with E-state index in [-0.39, 0.29) is 11.2 Å². The molecule has 3 rings (SSSR count). The highest BCUT2D eigenvalue weighted by molar-refractivity contribution is 5.98. The predicted molar refractivity (Wildman–Crippen MR) is 80.8 cm³/mol. The normalized spacial score (nSPS) is 16.1. The Balaban J connectivity index is 2.07. The van der Waals surface area contributed by atoms with Crippen molar-refractivity contribution in [1.82, 2.24) is 4.98 Å². The Labute approximate surface area is 124 Å². The van der Waals surface area contributed by atoms with Crippen molar-refractivity contribution in [2.45, 2.75) is 26.7 Å². The van der Waals surface area contributed by atoms with Gasteiger partial charge in [0, 0.05) is 17.5 Å². The molecule has 0 N–H and O–H groups in total. The summed E-state index contributed by atoms with van der Waals surface area (Å²) in [5.74, 6) is 0.172. The number of nitrogens with zero attached hydrogens (tertiary/aromatic N) is 2. The van der Waals surface area contributed by atoms with Crippen molar-refractivity contribution in [2.24, 2.45) is 5.41 Å². The summed E-state index contributed by atoms with van der Waals surface area (Å²) < 4.78 is 0. The summed E-state index contributed by atoms with van der Waals surface area (Å²) in [6, 6.07) is 13.3. The lowest BCUT2D eigenvalue weighted by Gasteiger charge is -2.29. The molecule has 21 heavy (non-hydrogen) atoms. The second kappa shape index (κ2) is 4.82. The Bertz CT molecular complexity index is 769. The van der Waals surface area contributed by atoms with Gasteiger partial charge in [0.1, 0.15) is 0 Å². The second-order valence-electron chi connectivity index (χ2n) is 6.32. The van der Waals surface area contributed by atoms with Crippen LogP contribution in [0.1, 0.15) is 41.9 Å². The van der Waals surface area contributed by atoms with Crippen molar-refractivity contribution in [3.63, 3.8) is 0 Å². The molecule has 104 valence electrons. The molecule has 1 aliphatic carbocycles. The van der Waals surface area contributed by atoms with E-state index in [1.807, 2.05) is 30.3 Å². The highest BCUT2D eigenvalue weighted by Crippen LogP contribution is 2.34. The first-order valence-corrected chi connectivity index (χ1v) is 7.02. The van der Waals surface area contributed by atoms with Gasteiger partial charge in [0.25, 0.3) is 0 Å². The molecular weight excluding hydrogens is 260 g/mol. The molecule has 0 fully saturated rings. The van der Waals surface area contributed by atoms with Crippen LogP contribution in [-0.4, -0.2) is 10.8 Å². The van der Waals surface area contributed by atoms with Crippen LogP contribution in [0.5, 0.6) is 0 Å². The zero-order chi connectivity index (χ0) is 15.0. The Morgan fingerprint density at radius 3 is 2.76 bits per heavy atom. The minimum absolute atomic E-state index is 0.0375. The number of carbonyl (C=O) groups excluding carboxylic acids is 1. The number of carbonyl (C=O) groups is 1. The quantitative estimate of drug-likeness (QED) is 0.796. The van der Waals surface area contributed by atoms with Crippen molar-refractivity contribution in [2.75, 3.05) is 0 Å². The number of Topliss-reactive ketones (excluding diaryl/α,β-unsaturated/α-hetero) is 1. The lowest BCUT2D eigenvalue weighted by atomic mass is 9.75. The van der Waals surface area contributed by atoms with Gasteiger partial charge in [-0.3, -0.25) is 9.78 Å². The molecular formula is C18H16N2O. The number of pyridine rings is 1. The number of benzene rings is 1. The van der Waals surface area contributed by atoms with Gasteiger partial charge in [-0.2, -0.15) is 5.26 Å². The number of fused-ring (bicyclic) bond motifs is 1. The number of rotatable bonds is 1. The monoisotopic (exact) mass is 276 g/mol. The zero-order valence-corrected chi connectivity index (χ0v) is 12.2. The van der Waals surface area contributed by atoms with E-state index < -0.39 is 0 Å². The summed E-state index contributed by atoms with van der Waals surface area (Å²) in [5, 5.41) is 8.99. The Kier molecular flexibility index (Phi) is 3.10. The topological polar surface area (TPSA) is 53.8 Å². The Hall–Kier alpha value is -2.47. The second-order valence-corrected chi connectivity index (χ2v) is 6.32. The first-order chi connectivity index (χ1) is 9.98. The smallest absolute Gasteiger partial charge is 0.165 e. The zero-order valence-electron chi connectivity index (χ0n) is 12.2. The fourth-order valence-corrected chi connectivity index (χ4v) is 2.84. The van der Waals surface area contributed by atoms with Crippen LogP contribution < -0.4 is 0 Å². The van der Waals surface area contributed by atoms with E-state index in [0.717, 1.165) is 28.9 Å². The SMILES string of the molecule is CC1(C)CC(=O)c2ccc(-c3cccc(C#N)c3)nc2C1. The standard InChI is InChI=1S/C18H16N2O/c1-18(2)9-16-14(17(21)10-18)6-7-15(20-16)13-5-3-4-12(8-13)11-19/h3-8H,9-10H2,1-2H3. The molecule has 1 aliphatic rings. The fraction of sp³-hybridized carbons (Fsp3) is 0.278. The first kappa shape index (κ1) is 13.5. The van der Waals surface area contributed by atoms with Gasteiger partial charge < -0.3 is 0 Å². The van der Waals surface area contributed by atoms with Gasteiger partial charge in [0.15, 0.2) is 5.78 Å². The summed E-state index contributed by atoms with van der Waals surface area (Å²) in [6.07, 6.45) is 1.38. The van der Waals surface area contributed by atoms with E-state index in [4.69, 9.17) is 5.26 Å². The number of nitriles is 1. The van der Waals surface area contributed by atoms with Crippen molar-refractivity contribution < 1.29 is 4.79 Å². The van der Waals surface area contributed by atoms with E-state index >= 15 is 0 Å². The van der Waals surface area contributed by atoms with Crippen molar-refractivity contribution in [1.29, 1.82) is 5.26 Å². The summed E-state index contributed by atoms with van der Waals surface area (Å²) >= 11 is 0. The minimum atomic E-state index is -0.0375. The third-order valence-corrected chi connectivity index (χ3v) is 3.85. The molecule has 3 nitrogen and oxygen atoms in total. The van der Waals surface area contributed by atoms with Crippen LogP contribution in [0.4, 0.5) is 0 Å². The Morgan fingerprint density at radius 2 is 2.00 bits per heavy atom. The van der Waals surface area contributed by atoms with Gasteiger partial charge >= 0.3 is 0 Å². The van der Waals surface area contributed by atoms with Crippen molar-refractivity contribution in [3.05, 3.63) is 53.2 Å². The van der Waals surface area contributed by atoms with Crippen LogP contribution >= 0.6 is 0 Å². The van der Waals surface area contributed by atoms with Gasteiger partial charge in [0.05, 0.1) is 23.0 Å². The summed E-state index contributed by atoms with van der Waals surface area (Å²) in [5.41, 5.74) is 3.92. The van der Waals surface area contributed by atoms with Gasteiger partial charge in [-0.25, -0.2) is 0 Å². The molecule has 0 aliphatic heterocycles. The molecule has 0 atom stereocenters. The van der Waals surface area contributed by atoms with Gasteiger partial charge in [-0.1, -0.05) is 26.0 Å². The van der Waals surface area contributed by atoms with Crippen molar-refractivity contribution >= 4 is 5.78 Å². The summed E-state index contributed by atoms with van der Waals surface area (Å²) in [6.45, 7) is 4.19. The molecule has 0 unspecified atom stereocenters. The summed E-state index contributed by atoms with van der Waals surface area (Å²) in [7, 11) is 0. The molecule has 1 aromatic heterocycles. The molecule has 0 saturated carbocycles. The molecule has 2 aromatic rings. The molecule has 3 heteroatoms. The molecule has 0 saturated heterocycles.